The summed E-state index contributed by atoms with van der Waals surface area (Å²) in [6.07, 6.45) is -11.4. The average Bonchev–Trinajstić information content (AvgIpc) is 2.09. The number of rotatable bonds is 0. The fourth-order valence-corrected chi connectivity index (χ4v) is 1.18. The number of allylic oxidation sites excluding steroid dienone is 4. The molecule has 0 nitrogen and oxygen atoms in total. The summed E-state index contributed by atoms with van der Waals surface area (Å²) in [5, 5.41) is 0. The SMILES string of the molecule is CC1=C(F)C(F)=C(C(F)(F)F)C(F)C1F. The van der Waals surface area contributed by atoms with Crippen LogP contribution < -0.4 is 0 Å². The van der Waals surface area contributed by atoms with Crippen LogP contribution in [0.3, 0.4) is 0 Å². The van der Waals surface area contributed by atoms with Crippen LogP contribution in [0, 0.1) is 0 Å². The second-order valence-corrected chi connectivity index (χ2v) is 3.03. The van der Waals surface area contributed by atoms with Crippen LogP contribution in [-0.2, 0) is 0 Å². The van der Waals surface area contributed by atoms with Gasteiger partial charge in [0.1, 0.15) is 5.57 Å². The molecule has 0 fully saturated rings. The molecule has 0 spiro atoms. The van der Waals surface area contributed by atoms with E-state index in [0.717, 1.165) is 0 Å². The first-order valence-electron chi connectivity index (χ1n) is 3.79. The molecule has 0 saturated heterocycles. The Morgan fingerprint density at radius 3 is 1.80 bits per heavy atom. The highest BCUT2D eigenvalue weighted by Gasteiger charge is 2.50. The first kappa shape index (κ1) is 12.1. The van der Waals surface area contributed by atoms with E-state index in [0.29, 0.717) is 6.92 Å². The highest BCUT2D eigenvalue weighted by molar-refractivity contribution is 5.41. The summed E-state index contributed by atoms with van der Waals surface area (Å²) in [5.41, 5.74) is -3.44. The van der Waals surface area contributed by atoms with Gasteiger partial charge in [-0.15, -0.1) is 0 Å². The van der Waals surface area contributed by atoms with Crippen molar-refractivity contribution in [3.05, 3.63) is 22.8 Å². The van der Waals surface area contributed by atoms with Crippen LogP contribution in [0.25, 0.3) is 0 Å². The number of hydrogen-bond acceptors (Lipinski definition) is 0. The van der Waals surface area contributed by atoms with Crippen molar-refractivity contribution in [1.82, 2.24) is 0 Å². The van der Waals surface area contributed by atoms with Gasteiger partial charge in [-0.2, -0.15) is 13.2 Å². The van der Waals surface area contributed by atoms with Crippen LogP contribution >= 0.6 is 0 Å². The number of alkyl halides is 5. The van der Waals surface area contributed by atoms with Crippen LogP contribution in [0.5, 0.6) is 0 Å². The minimum Gasteiger partial charge on any atom is -0.239 e. The Balaban J connectivity index is 3.35. The molecule has 0 aromatic carbocycles. The van der Waals surface area contributed by atoms with Gasteiger partial charge in [0.05, 0.1) is 0 Å². The van der Waals surface area contributed by atoms with Gasteiger partial charge < -0.3 is 0 Å². The maximum Gasteiger partial charge on any atom is 0.418 e. The molecule has 1 aliphatic carbocycles. The monoisotopic (exact) mass is 234 g/mol. The van der Waals surface area contributed by atoms with Crippen LogP contribution in [0.1, 0.15) is 6.92 Å². The third-order valence-electron chi connectivity index (χ3n) is 2.03. The summed E-state index contributed by atoms with van der Waals surface area (Å²) in [6.45, 7) is 0.694. The van der Waals surface area contributed by atoms with Gasteiger partial charge in [-0.25, -0.2) is 17.6 Å². The van der Waals surface area contributed by atoms with E-state index in [1.807, 2.05) is 0 Å². The van der Waals surface area contributed by atoms with E-state index < -0.39 is 41.3 Å². The van der Waals surface area contributed by atoms with Crippen LogP contribution in [0.2, 0.25) is 0 Å². The summed E-state index contributed by atoms with van der Waals surface area (Å²) >= 11 is 0. The van der Waals surface area contributed by atoms with E-state index in [9.17, 15) is 30.7 Å². The fourth-order valence-electron chi connectivity index (χ4n) is 1.18. The van der Waals surface area contributed by atoms with Crippen molar-refractivity contribution in [2.45, 2.75) is 25.4 Å². The Kier molecular flexibility index (Phi) is 2.84. The van der Waals surface area contributed by atoms with Gasteiger partial charge in [-0.3, -0.25) is 0 Å². The molecule has 0 saturated carbocycles. The van der Waals surface area contributed by atoms with Gasteiger partial charge in [-0.1, -0.05) is 0 Å². The molecule has 0 aromatic heterocycles. The van der Waals surface area contributed by atoms with Gasteiger partial charge in [0.2, 0.25) is 0 Å². The molecule has 2 atom stereocenters. The maximum atomic E-state index is 12.8. The van der Waals surface area contributed by atoms with Gasteiger partial charge in [0, 0.05) is 5.57 Å². The number of hydrogen-bond donors (Lipinski definition) is 0. The predicted molar refractivity (Wildman–Crippen MR) is 37.8 cm³/mol. The normalized spacial score (nSPS) is 28.8. The first-order valence-corrected chi connectivity index (χ1v) is 3.79. The molecular weight excluding hydrogens is 229 g/mol. The summed E-state index contributed by atoms with van der Waals surface area (Å²) in [6, 6.07) is 0. The molecule has 0 bridgehead atoms. The standard InChI is InChI=1S/C8H5F7/c1-2-4(9)6(11)3(8(13,14)15)7(12)5(2)10/h4,6H,1H3. The summed E-state index contributed by atoms with van der Waals surface area (Å²) < 4.78 is 87.1. The summed E-state index contributed by atoms with van der Waals surface area (Å²) in [7, 11) is 0. The Labute approximate surface area is 80.1 Å². The van der Waals surface area contributed by atoms with E-state index in [2.05, 4.69) is 0 Å². The van der Waals surface area contributed by atoms with Crippen molar-refractivity contribution in [1.29, 1.82) is 0 Å². The minimum absolute atomic E-state index is 0.694. The lowest BCUT2D eigenvalue weighted by atomic mass is 9.93. The molecule has 1 aliphatic rings. The van der Waals surface area contributed by atoms with Crippen molar-refractivity contribution in [3.8, 4) is 0 Å². The lowest BCUT2D eigenvalue weighted by Crippen LogP contribution is -2.33. The molecule has 0 aromatic rings. The molecule has 0 N–H and O–H groups in total. The van der Waals surface area contributed by atoms with E-state index in [1.165, 1.54) is 0 Å². The van der Waals surface area contributed by atoms with Crippen LogP contribution in [0.4, 0.5) is 30.7 Å². The largest absolute Gasteiger partial charge is 0.418 e. The highest BCUT2D eigenvalue weighted by Crippen LogP contribution is 2.43. The molecule has 0 heterocycles. The Hall–Kier alpha value is -1.01. The van der Waals surface area contributed by atoms with Gasteiger partial charge >= 0.3 is 6.18 Å². The van der Waals surface area contributed by atoms with Gasteiger partial charge in [0.25, 0.3) is 0 Å². The Morgan fingerprint density at radius 2 is 1.40 bits per heavy atom. The predicted octanol–water partition coefficient (Wildman–Crippen LogP) is 3.71. The molecule has 2 unspecified atom stereocenters. The summed E-state index contributed by atoms with van der Waals surface area (Å²) in [5.74, 6) is -4.36. The van der Waals surface area contributed by atoms with Crippen molar-refractivity contribution < 1.29 is 30.7 Å². The smallest absolute Gasteiger partial charge is 0.239 e. The Bertz CT molecular complexity index is 335. The van der Waals surface area contributed by atoms with E-state index in [4.69, 9.17) is 0 Å². The first-order chi connectivity index (χ1) is 6.68. The lowest BCUT2D eigenvalue weighted by molar-refractivity contribution is -0.106. The van der Waals surface area contributed by atoms with Crippen LogP contribution in [0.15, 0.2) is 22.8 Å². The van der Waals surface area contributed by atoms with Crippen molar-refractivity contribution in [2.75, 3.05) is 0 Å². The topological polar surface area (TPSA) is 0 Å². The highest BCUT2D eigenvalue weighted by atomic mass is 19.4. The zero-order valence-corrected chi connectivity index (χ0v) is 7.30. The second kappa shape index (κ2) is 3.53. The fraction of sp³-hybridized carbons (Fsp3) is 0.500. The van der Waals surface area contributed by atoms with Crippen molar-refractivity contribution >= 4 is 0 Å². The third-order valence-corrected chi connectivity index (χ3v) is 2.03. The molecule has 86 valence electrons. The molecule has 0 radical (unpaired) electrons. The third kappa shape index (κ3) is 1.87. The molecule has 1 rings (SSSR count). The zero-order chi connectivity index (χ0) is 12.0. The lowest BCUT2D eigenvalue weighted by Gasteiger charge is -2.24. The van der Waals surface area contributed by atoms with Crippen molar-refractivity contribution in [2.24, 2.45) is 0 Å². The maximum absolute atomic E-state index is 12.8. The van der Waals surface area contributed by atoms with Crippen LogP contribution in [-0.4, -0.2) is 18.5 Å². The second-order valence-electron chi connectivity index (χ2n) is 3.03. The average molecular weight is 234 g/mol. The minimum atomic E-state index is -5.42. The van der Waals surface area contributed by atoms with E-state index in [1.54, 1.807) is 0 Å². The van der Waals surface area contributed by atoms with E-state index >= 15 is 0 Å². The van der Waals surface area contributed by atoms with Crippen molar-refractivity contribution in [3.63, 3.8) is 0 Å². The molecular formula is C8H5F7. The Morgan fingerprint density at radius 1 is 0.933 bits per heavy atom. The van der Waals surface area contributed by atoms with Gasteiger partial charge in [0.15, 0.2) is 24.0 Å². The molecule has 7 heteroatoms. The van der Waals surface area contributed by atoms with E-state index in [-0.39, 0.29) is 0 Å². The quantitative estimate of drug-likeness (QED) is 0.560. The summed E-state index contributed by atoms with van der Waals surface area (Å²) in [4.78, 5) is 0. The zero-order valence-electron chi connectivity index (χ0n) is 7.30. The molecule has 0 aliphatic heterocycles. The molecule has 0 amide bonds. The van der Waals surface area contributed by atoms with Gasteiger partial charge in [-0.05, 0) is 6.92 Å². The number of halogens is 7. The molecule has 15 heavy (non-hydrogen) atoms.